The standard InChI is InChI=1S/C12H16N2S/c1-10(11-6-4-3-5-7-11)14(2)12-13-8-9-15-12/h3-7,10H,8-9H2,1-2H3/t10-/m0/s1. The molecule has 0 aromatic heterocycles. The zero-order valence-electron chi connectivity index (χ0n) is 9.18. The van der Waals surface area contributed by atoms with Crippen LogP contribution in [0.15, 0.2) is 35.3 Å². The third-order valence-corrected chi connectivity index (χ3v) is 3.80. The van der Waals surface area contributed by atoms with E-state index in [1.54, 1.807) is 0 Å². The summed E-state index contributed by atoms with van der Waals surface area (Å²) in [5, 5.41) is 1.17. The third-order valence-electron chi connectivity index (χ3n) is 2.73. The van der Waals surface area contributed by atoms with Crippen molar-refractivity contribution < 1.29 is 0 Å². The van der Waals surface area contributed by atoms with Gasteiger partial charge in [0, 0.05) is 12.8 Å². The van der Waals surface area contributed by atoms with Crippen molar-refractivity contribution in [3.05, 3.63) is 35.9 Å². The Bertz CT molecular complexity index is 348. The minimum absolute atomic E-state index is 0.399. The van der Waals surface area contributed by atoms with Gasteiger partial charge >= 0.3 is 0 Å². The van der Waals surface area contributed by atoms with Crippen LogP contribution in [0.1, 0.15) is 18.5 Å². The molecule has 0 radical (unpaired) electrons. The quantitative estimate of drug-likeness (QED) is 0.761. The Balaban J connectivity index is 2.10. The van der Waals surface area contributed by atoms with E-state index in [0.717, 1.165) is 12.3 Å². The van der Waals surface area contributed by atoms with Gasteiger partial charge in [0.2, 0.25) is 0 Å². The summed E-state index contributed by atoms with van der Waals surface area (Å²) in [6, 6.07) is 11.0. The molecule has 1 heterocycles. The van der Waals surface area contributed by atoms with E-state index in [1.807, 2.05) is 11.8 Å². The molecule has 1 aliphatic heterocycles. The van der Waals surface area contributed by atoms with Gasteiger partial charge in [-0.25, -0.2) is 0 Å². The van der Waals surface area contributed by atoms with Gasteiger partial charge in [-0.3, -0.25) is 4.99 Å². The lowest BCUT2D eigenvalue weighted by atomic mass is 10.1. The van der Waals surface area contributed by atoms with Crippen LogP contribution in [-0.2, 0) is 0 Å². The molecule has 0 N–H and O–H groups in total. The Labute approximate surface area is 95.4 Å². The number of amidine groups is 1. The molecule has 0 saturated heterocycles. The van der Waals surface area contributed by atoms with E-state index in [2.05, 4.69) is 54.2 Å². The first kappa shape index (κ1) is 10.6. The lowest BCUT2D eigenvalue weighted by Crippen LogP contribution is -2.26. The minimum Gasteiger partial charge on any atom is -0.348 e. The summed E-state index contributed by atoms with van der Waals surface area (Å²) in [5.74, 6) is 1.13. The molecule has 0 saturated carbocycles. The summed E-state index contributed by atoms with van der Waals surface area (Å²) in [6.45, 7) is 3.18. The second kappa shape index (κ2) is 4.71. The molecule has 1 aromatic rings. The first-order valence-corrected chi connectivity index (χ1v) is 6.22. The Morgan fingerprint density at radius 3 is 2.67 bits per heavy atom. The van der Waals surface area contributed by atoms with Crippen molar-refractivity contribution in [1.29, 1.82) is 0 Å². The van der Waals surface area contributed by atoms with Gasteiger partial charge in [-0.15, -0.1) is 0 Å². The second-order valence-electron chi connectivity index (χ2n) is 3.71. The minimum atomic E-state index is 0.399. The number of benzene rings is 1. The van der Waals surface area contributed by atoms with Crippen molar-refractivity contribution in [3.8, 4) is 0 Å². The number of hydrogen-bond donors (Lipinski definition) is 0. The maximum absolute atomic E-state index is 4.49. The SMILES string of the molecule is C[C@@H](c1ccccc1)N(C)C1=NCCS1. The highest BCUT2D eigenvalue weighted by Crippen LogP contribution is 2.24. The van der Waals surface area contributed by atoms with Crippen LogP contribution >= 0.6 is 11.8 Å². The molecule has 15 heavy (non-hydrogen) atoms. The van der Waals surface area contributed by atoms with Crippen molar-refractivity contribution in [2.24, 2.45) is 4.99 Å². The van der Waals surface area contributed by atoms with E-state index in [-0.39, 0.29) is 0 Å². The highest BCUT2D eigenvalue weighted by molar-refractivity contribution is 8.14. The van der Waals surface area contributed by atoms with E-state index in [9.17, 15) is 0 Å². The van der Waals surface area contributed by atoms with Gasteiger partial charge in [-0.2, -0.15) is 0 Å². The predicted molar refractivity (Wildman–Crippen MR) is 67.4 cm³/mol. The maximum atomic E-state index is 4.49. The Kier molecular flexibility index (Phi) is 3.31. The molecular formula is C12H16N2S. The highest BCUT2D eigenvalue weighted by Gasteiger charge is 2.18. The normalized spacial score (nSPS) is 17.3. The molecule has 2 nitrogen and oxygen atoms in total. The van der Waals surface area contributed by atoms with Gasteiger partial charge in [0.15, 0.2) is 5.17 Å². The largest absolute Gasteiger partial charge is 0.348 e. The van der Waals surface area contributed by atoms with Crippen molar-refractivity contribution in [2.45, 2.75) is 13.0 Å². The van der Waals surface area contributed by atoms with Crippen LogP contribution in [0.2, 0.25) is 0 Å². The first-order chi connectivity index (χ1) is 7.29. The van der Waals surface area contributed by atoms with Gasteiger partial charge in [0.05, 0.1) is 12.6 Å². The average molecular weight is 220 g/mol. The fourth-order valence-corrected chi connectivity index (χ4v) is 2.57. The first-order valence-electron chi connectivity index (χ1n) is 5.24. The molecular weight excluding hydrogens is 204 g/mol. The van der Waals surface area contributed by atoms with Crippen LogP contribution in [0, 0.1) is 0 Å². The van der Waals surface area contributed by atoms with Crippen LogP contribution in [0.4, 0.5) is 0 Å². The van der Waals surface area contributed by atoms with E-state index < -0.39 is 0 Å². The predicted octanol–water partition coefficient (Wildman–Crippen LogP) is 2.78. The smallest absolute Gasteiger partial charge is 0.159 e. The number of hydrogen-bond acceptors (Lipinski definition) is 3. The van der Waals surface area contributed by atoms with Crippen LogP contribution in [0.25, 0.3) is 0 Å². The molecule has 1 atom stereocenters. The van der Waals surface area contributed by atoms with Gasteiger partial charge < -0.3 is 4.90 Å². The summed E-state index contributed by atoms with van der Waals surface area (Å²) in [6.07, 6.45) is 0. The molecule has 80 valence electrons. The van der Waals surface area contributed by atoms with Gasteiger partial charge in [-0.1, -0.05) is 42.1 Å². The lowest BCUT2D eigenvalue weighted by molar-refractivity contribution is 0.410. The number of rotatable bonds is 2. The van der Waals surface area contributed by atoms with Crippen molar-refractivity contribution in [1.82, 2.24) is 4.90 Å². The summed E-state index contributed by atoms with van der Waals surface area (Å²) in [7, 11) is 2.12. The van der Waals surface area contributed by atoms with Gasteiger partial charge in [0.25, 0.3) is 0 Å². The summed E-state index contributed by atoms with van der Waals surface area (Å²) < 4.78 is 0. The zero-order valence-corrected chi connectivity index (χ0v) is 10.00. The molecule has 0 spiro atoms. The lowest BCUT2D eigenvalue weighted by Gasteiger charge is -2.26. The van der Waals surface area contributed by atoms with E-state index in [4.69, 9.17) is 0 Å². The fraction of sp³-hybridized carbons (Fsp3) is 0.417. The molecule has 2 rings (SSSR count). The maximum Gasteiger partial charge on any atom is 0.159 e. The average Bonchev–Trinajstić information content (AvgIpc) is 2.82. The Morgan fingerprint density at radius 1 is 1.33 bits per heavy atom. The summed E-state index contributed by atoms with van der Waals surface area (Å²) in [5.41, 5.74) is 1.34. The Morgan fingerprint density at radius 2 is 2.07 bits per heavy atom. The fourth-order valence-electron chi connectivity index (χ4n) is 1.66. The van der Waals surface area contributed by atoms with E-state index in [0.29, 0.717) is 6.04 Å². The molecule has 3 heteroatoms. The molecule has 0 aliphatic carbocycles. The van der Waals surface area contributed by atoms with Crippen molar-refractivity contribution >= 4 is 16.9 Å². The van der Waals surface area contributed by atoms with Crippen molar-refractivity contribution in [3.63, 3.8) is 0 Å². The molecule has 0 unspecified atom stereocenters. The van der Waals surface area contributed by atoms with Crippen LogP contribution < -0.4 is 0 Å². The highest BCUT2D eigenvalue weighted by atomic mass is 32.2. The number of aliphatic imine (C=N–C) groups is 1. The second-order valence-corrected chi connectivity index (χ2v) is 4.77. The molecule has 0 fully saturated rings. The summed E-state index contributed by atoms with van der Waals surface area (Å²) >= 11 is 1.85. The zero-order chi connectivity index (χ0) is 10.7. The number of nitrogens with zero attached hydrogens (tertiary/aromatic N) is 2. The van der Waals surface area contributed by atoms with E-state index >= 15 is 0 Å². The van der Waals surface area contributed by atoms with E-state index in [1.165, 1.54) is 10.7 Å². The molecule has 1 aliphatic rings. The van der Waals surface area contributed by atoms with Gasteiger partial charge in [0.1, 0.15) is 0 Å². The van der Waals surface area contributed by atoms with Crippen LogP contribution in [-0.4, -0.2) is 29.4 Å². The van der Waals surface area contributed by atoms with Crippen LogP contribution in [0.5, 0.6) is 0 Å². The molecule has 1 aromatic carbocycles. The number of thioether (sulfide) groups is 1. The van der Waals surface area contributed by atoms with Crippen molar-refractivity contribution in [2.75, 3.05) is 19.3 Å². The third kappa shape index (κ3) is 2.34. The monoisotopic (exact) mass is 220 g/mol. The van der Waals surface area contributed by atoms with Crippen LogP contribution in [0.3, 0.4) is 0 Å². The topological polar surface area (TPSA) is 15.6 Å². The summed E-state index contributed by atoms with van der Waals surface area (Å²) in [4.78, 5) is 6.74. The Hall–Kier alpha value is -0.960. The molecule has 0 amide bonds. The van der Waals surface area contributed by atoms with Gasteiger partial charge in [-0.05, 0) is 12.5 Å². The molecule has 0 bridgehead atoms.